The molecule has 62 heavy (non-hydrogen) atoms. The van der Waals surface area contributed by atoms with Gasteiger partial charge in [0.1, 0.15) is 0 Å². The third kappa shape index (κ3) is 5.33. The van der Waals surface area contributed by atoms with Gasteiger partial charge < -0.3 is 14.7 Å². The number of anilines is 9. The van der Waals surface area contributed by atoms with Gasteiger partial charge in [0, 0.05) is 57.1 Å². The van der Waals surface area contributed by atoms with Crippen LogP contribution in [0.15, 0.2) is 230 Å². The first-order valence-electron chi connectivity index (χ1n) is 21.7. The van der Waals surface area contributed by atoms with Gasteiger partial charge in [-0.2, -0.15) is 0 Å². The van der Waals surface area contributed by atoms with E-state index in [4.69, 9.17) is 0 Å². The van der Waals surface area contributed by atoms with Crippen LogP contribution in [0.1, 0.15) is 22.6 Å². The molecule has 0 saturated carbocycles. The van der Waals surface area contributed by atoms with Crippen LogP contribution in [0.3, 0.4) is 0 Å². The molecule has 2 aliphatic heterocycles. The zero-order valence-electron chi connectivity index (χ0n) is 34.1. The van der Waals surface area contributed by atoms with E-state index < -0.39 is 0 Å². The SMILES string of the molecule is C1=CC2=CCc3cc(N4c5ccc(N(c6ccccc6)c6ccccc6)cc5B5c6cc(N(c7ccccc7)c7ccccc7)ccc6-c6cccc4c65)cc4c3C2C(=C1)C=C4. The lowest BCUT2D eigenvalue weighted by Gasteiger charge is -2.39. The Morgan fingerprint density at radius 1 is 0.468 bits per heavy atom. The minimum Gasteiger partial charge on any atom is -0.311 e. The van der Waals surface area contributed by atoms with Gasteiger partial charge in [-0.1, -0.05) is 133 Å². The lowest BCUT2D eigenvalue weighted by atomic mass is 9.37. The lowest BCUT2D eigenvalue weighted by Crippen LogP contribution is -2.54. The number of nitrogens with zero attached hydrogens (tertiary/aromatic N) is 3. The van der Waals surface area contributed by atoms with E-state index in [2.05, 4.69) is 239 Å². The molecule has 1 unspecified atom stereocenters. The van der Waals surface area contributed by atoms with Crippen molar-refractivity contribution in [2.45, 2.75) is 12.3 Å². The number of benzene rings is 8. The molecule has 0 bridgehead atoms. The van der Waals surface area contributed by atoms with Gasteiger partial charge in [0.25, 0.3) is 0 Å². The molecule has 2 heterocycles. The summed E-state index contributed by atoms with van der Waals surface area (Å²) in [6, 6.07) is 69.2. The van der Waals surface area contributed by atoms with E-state index in [1.54, 1.807) is 0 Å². The second kappa shape index (κ2) is 13.9. The Morgan fingerprint density at radius 3 is 1.73 bits per heavy atom. The van der Waals surface area contributed by atoms with Crippen LogP contribution >= 0.6 is 0 Å². The van der Waals surface area contributed by atoms with Crippen molar-refractivity contribution in [3.8, 4) is 11.1 Å². The summed E-state index contributed by atoms with van der Waals surface area (Å²) in [4.78, 5) is 7.34. The molecule has 0 spiro atoms. The fourth-order valence-electron chi connectivity index (χ4n) is 10.9. The smallest absolute Gasteiger partial charge is 0.248 e. The van der Waals surface area contributed by atoms with Gasteiger partial charge in [-0.25, -0.2) is 0 Å². The average Bonchev–Trinajstić information content (AvgIpc) is 3.67. The molecule has 3 nitrogen and oxygen atoms in total. The summed E-state index contributed by atoms with van der Waals surface area (Å²) >= 11 is 0. The highest BCUT2D eigenvalue weighted by molar-refractivity contribution is 7.01. The number of allylic oxidation sites excluding steroid dienone is 7. The maximum atomic E-state index is 2.56. The second-order valence-corrected chi connectivity index (χ2v) is 16.8. The highest BCUT2D eigenvalue weighted by atomic mass is 15.2. The van der Waals surface area contributed by atoms with E-state index in [-0.39, 0.29) is 6.71 Å². The first kappa shape index (κ1) is 35.0. The molecule has 3 aliphatic carbocycles. The highest BCUT2D eigenvalue weighted by Gasteiger charge is 2.43. The third-order valence-corrected chi connectivity index (χ3v) is 13.5. The van der Waals surface area contributed by atoms with Gasteiger partial charge >= 0.3 is 0 Å². The molecule has 0 amide bonds. The number of fused-ring (bicyclic) bond motifs is 5. The van der Waals surface area contributed by atoms with Crippen LogP contribution in [0, 0.1) is 0 Å². The van der Waals surface area contributed by atoms with E-state index in [0.717, 1.165) is 40.5 Å². The maximum absolute atomic E-state index is 2.56. The molecule has 0 radical (unpaired) electrons. The summed E-state index contributed by atoms with van der Waals surface area (Å²) in [6.45, 7) is 0.0206. The van der Waals surface area contributed by atoms with Crippen LogP contribution < -0.4 is 31.1 Å². The van der Waals surface area contributed by atoms with Gasteiger partial charge in [-0.3, -0.25) is 0 Å². The van der Waals surface area contributed by atoms with Gasteiger partial charge in [-0.15, -0.1) is 0 Å². The Kier molecular flexibility index (Phi) is 7.83. The molecule has 8 aromatic carbocycles. The number of hydrogen-bond acceptors (Lipinski definition) is 3. The zero-order chi connectivity index (χ0) is 40.7. The van der Waals surface area contributed by atoms with E-state index in [1.807, 2.05) is 0 Å². The fourth-order valence-corrected chi connectivity index (χ4v) is 10.9. The minimum atomic E-state index is 0.0206. The third-order valence-electron chi connectivity index (χ3n) is 13.5. The van der Waals surface area contributed by atoms with Gasteiger partial charge in [0.2, 0.25) is 6.71 Å². The van der Waals surface area contributed by atoms with Crippen molar-refractivity contribution in [3.63, 3.8) is 0 Å². The Balaban J connectivity index is 1.04. The second-order valence-electron chi connectivity index (χ2n) is 16.8. The van der Waals surface area contributed by atoms with E-state index in [1.165, 1.54) is 72.4 Å². The van der Waals surface area contributed by atoms with Crippen LogP contribution in [0.5, 0.6) is 0 Å². The predicted octanol–water partition coefficient (Wildman–Crippen LogP) is 13.0. The Labute approximate surface area is 363 Å². The first-order valence-corrected chi connectivity index (χ1v) is 21.7. The summed E-state index contributed by atoms with van der Waals surface area (Å²) in [5.74, 6) is 0.316. The van der Waals surface area contributed by atoms with Crippen molar-refractivity contribution in [2.24, 2.45) is 0 Å². The molecule has 0 saturated heterocycles. The zero-order valence-corrected chi connectivity index (χ0v) is 34.1. The summed E-state index contributed by atoms with van der Waals surface area (Å²) in [7, 11) is 0. The van der Waals surface area contributed by atoms with Crippen LogP contribution in [0.2, 0.25) is 0 Å². The highest BCUT2D eigenvalue weighted by Crippen LogP contribution is 2.50. The van der Waals surface area contributed by atoms with Crippen molar-refractivity contribution in [1.82, 2.24) is 0 Å². The summed E-state index contributed by atoms with van der Waals surface area (Å²) in [6.07, 6.45) is 14.8. The topological polar surface area (TPSA) is 9.72 Å². The molecule has 290 valence electrons. The van der Waals surface area contributed by atoms with Crippen molar-refractivity contribution < 1.29 is 0 Å². The van der Waals surface area contributed by atoms with Gasteiger partial charge in [-0.05, 0) is 153 Å². The van der Waals surface area contributed by atoms with E-state index in [0.29, 0.717) is 5.92 Å². The first-order chi connectivity index (χ1) is 30.8. The molecule has 5 aliphatic rings. The number of para-hydroxylation sites is 4. The minimum absolute atomic E-state index is 0.0206. The number of hydrogen-bond donors (Lipinski definition) is 0. The summed E-state index contributed by atoms with van der Waals surface area (Å²) in [5.41, 5.74) is 24.1. The molecule has 1 atom stereocenters. The monoisotopic (exact) mass is 789 g/mol. The predicted molar refractivity (Wildman–Crippen MR) is 261 cm³/mol. The molecule has 0 aromatic heterocycles. The standard InChI is InChI=1S/C58H40BN3/c1-5-17-43(18-6-1)60(44-19-7-2-8-20-44)47-31-33-50-51-25-14-26-55-58(51)59(52(50)37-47)53-38-48(61(45-21-9-3-10-22-45)46-23-11-4-12-24-46)32-34-54(53)62(55)49-35-41-29-27-39-15-13-16-40-28-30-42(36-49)57(41)56(39)40/h1-29,31-38,56H,30H2. The molecule has 4 heteroatoms. The lowest BCUT2D eigenvalue weighted by molar-refractivity contribution is 0.892. The van der Waals surface area contributed by atoms with Gasteiger partial charge in [0.15, 0.2) is 0 Å². The van der Waals surface area contributed by atoms with Crippen LogP contribution in [0.25, 0.3) is 17.2 Å². The summed E-state index contributed by atoms with van der Waals surface area (Å²) in [5, 5.41) is 0. The van der Waals surface area contributed by atoms with Crippen molar-refractivity contribution in [1.29, 1.82) is 0 Å². The van der Waals surface area contributed by atoms with Crippen molar-refractivity contribution in [2.75, 3.05) is 14.7 Å². The molecule has 0 fully saturated rings. The molecule has 8 aromatic rings. The summed E-state index contributed by atoms with van der Waals surface area (Å²) < 4.78 is 0. The number of rotatable bonds is 7. The van der Waals surface area contributed by atoms with Crippen molar-refractivity contribution in [3.05, 3.63) is 246 Å². The Hall–Kier alpha value is -7.82. The fraction of sp³-hybridized carbons (Fsp3) is 0.0345. The molecule has 0 N–H and O–H groups in total. The molecular formula is C58H40BN3. The van der Waals surface area contributed by atoms with Gasteiger partial charge in [0.05, 0.1) is 0 Å². The largest absolute Gasteiger partial charge is 0.311 e. The maximum Gasteiger partial charge on any atom is 0.248 e. The Morgan fingerprint density at radius 2 is 1.08 bits per heavy atom. The average molecular weight is 790 g/mol. The van der Waals surface area contributed by atoms with Crippen LogP contribution in [0.4, 0.5) is 51.2 Å². The molecule has 13 rings (SSSR count). The van der Waals surface area contributed by atoms with E-state index >= 15 is 0 Å². The Bertz CT molecular complexity index is 3140. The van der Waals surface area contributed by atoms with Crippen LogP contribution in [-0.4, -0.2) is 6.71 Å². The molecular weight excluding hydrogens is 749 g/mol. The van der Waals surface area contributed by atoms with Crippen LogP contribution in [-0.2, 0) is 6.42 Å². The van der Waals surface area contributed by atoms with E-state index in [9.17, 15) is 0 Å². The normalized spacial score (nSPS) is 15.5. The van der Waals surface area contributed by atoms with Crippen molar-refractivity contribution >= 4 is 80.4 Å². The quantitative estimate of drug-likeness (QED) is 0.149.